The summed E-state index contributed by atoms with van der Waals surface area (Å²) in [5.74, 6) is 0.654. The molecule has 3 aromatic carbocycles. The van der Waals surface area contributed by atoms with Crippen molar-refractivity contribution >= 4 is 34.1 Å². The molecular weight excluding hydrogens is 526 g/mol. The first-order valence-electron chi connectivity index (χ1n) is 11.3. The van der Waals surface area contributed by atoms with Crippen molar-refractivity contribution in [2.75, 3.05) is 13.7 Å². The van der Waals surface area contributed by atoms with Crippen molar-refractivity contribution in [2.24, 2.45) is 5.10 Å². The van der Waals surface area contributed by atoms with Gasteiger partial charge in [-0.1, -0.05) is 58.4 Å². The van der Waals surface area contributed by atoms with Crippen LogP contribution in [0.25, 0.3) is 0 Å². The third-order valence-corrected chi connectivity index (χ3v) is 5.58. The molecule has 0 aliphatic rings. The number of halogens is 1. The van der Waals surface area contributed by atoms with Gasteiger partial charge in [0.1, 0.15) is 12.6 Å². The van der Waals surface area contributed by atoms with Crippen LogP contribution in [0, 0.1) is 0 Å². The van der Waals surface area contributed by atoms with Crippen molar-refractivity contribution in [3.8, 4) is 11.5 Å². The molecule has 1 atom stereocenters. The van der Waals surface area contributed by atoms with E-state index >= 15 is 0 Å². The number of ether oxygens (including phenoxy) is 3. The minimum absolute atomic E-state index is 0.203. The molecule has 9 heteroatoms. The lowest BCUT2D eigenvalue weighted by atomic mass is 10.1. The summed E-state index contributed by atoms with van der Waals surface area (Å²) in [5.41, 5.74) is 5.10. The second-order valence-electron chi connectivity index (χ2n) is 7.67. The highest BCUT2D eigenvalue weighted by molar-refractivity contribution is 9.10. The molecule has 2 N–H and O–H groups in total. The maximum atomic E-state index is 12.8. The minimum atomic E-state index is -0.854. The number of methoxy groups -OCH3 is 1. The number of alkyl carbamates (subject to hydrolysis) is 1. The van der Waals surface area contributed by atoms with Crippen LogP contribution in [0.15, 0.2) is 82.4 Å². The highest BCUT2D eigenvalue weighted by atomic mass is 79.9. The number of nitrogens with zero attached hydrogens (tertiary/aromatic N) is 1. The second-order valence-corrected chi connectivity index (χ2v) is 8.58. The van der Waals surface area contributed by atoms with E-state index in [0.717, 1.165) is 15.6 Å². The summed E-state index contributed by atoms with van der Waals surface area (Å²) in [4.78, 5) is 24.7. The van der Waals surface area contributed by atoms with E-state index in [1.54, 1.807) is 32.2 Å². The quantitative estimate of drug-likeness (QED) is 0.261. The number of carbonyl (C=O) groups is 2. The standard InChI is InChI=1S/C27H28BrN3O5/c1-3-35-27(33)30-23(15-19-7-5-4-6-8-19)26(32)31-29-17-21-11-14-24(25(16-21)34-2)36-18-20-9-12-22(28)13-10-20/h4-14,16-17,23H,3,15,18H2,1-2H3,(H,30,33)(H,31,32)/b29-17-/t23-/m1/s1. The lowest BCUT2D eigenvalue weighted by Crippen LogP contribution is -2.47. The van der Waals surface area contributed by atoms with Gasteiger partial charge in [0.15, 0.2) is 11.5 Å². The van der Waals surface area contributed by atoms with Crippen LogP contribution in [0.3, 0.4) is 0 Å². The van der Waals surface area contributed by atoms with Crippen LogP contribution in [0.1, 0.15) is 23.6 Å². The van der Waals surface area contributed by atoms with E-state index in [-0.39, 0.29) is 6.61 Å². The van der Waals surface area contributed by atoms with Crippen molar-refractivity contribution in [2.45, 2.75) is 26.0 Å². The molecule has 2 amide bonds. The Hall–Kier alpha value is -3.85. The Bertz CT molecular complexity index is 1170. The molecule has 36 heavy (non-hydrogen) atoms. The third kappa shape index (κ3) is 8.42. The highest BCUT2D eigenvalue weighted by Crippen LogP contribution is 2.28. The van der Waals surface area contributed by atoms with E-state index < -0.39 is 18.0 Å². The van der Waals surface area contributed by atoms with Crippen LogP contribution in [-0.2, 0) is 22.6 Å². The first-order valence-corrected chi connectivity index (χ1v) is 12.1. The number of benzene rings is 3. The fourth-order valence-electron chi connectivity index (χ4n) is 3.25. The average Bonchev–Trinajstić information content (AvgIpc) is 2.89. The molecular formula is C27H28BrN3O5. The van der Waals surface area contributed by atoms with Crippen molar-refractivity contribution in [1.82, 2.24) is 10.7 Å². The van der Waals surface area contributed by atoms with Gasteiger partial charge in [-0.3, -0.25) is 4.79 Å². The van der Waals surface area contributed by atoms with Gasteiger partial charge >= 0.3 is 6.09 Å². The molecule has 0 fully saturated rings. The molecule has 0 heterocycles. The maximum Gasteiger partial charge on any atom is 0.407 e. The fourth-order valence-corrected chi connectivity index (χ4v) is 3.51. The van der Waals surface area contributed by atoms with Crippen LogP contribution >= 0.6 is 15.9 Å². The van der Waals surface area contributed by atoms with Gasteiger partial charge in [0.05, 0.1) is 19.9 Å². The number of nitrogens with one attached hydrogen (secondary N) is 2. The van der Waals surface area contributed by atoms with Gasteiger partial charge in [-0.25, -0.2) is 10.2 Å². The molecule has 0 unspecified atom stereocenters. The molecule has 0 radical (unpaired) electrons. The summed E-state index contributed by atoms with van der Waals surface area (Å²) < 4.78 is 17.3. The van der Waals surface area contributed by atoms with Crippen molar-refractivity contribution in [3.05, 3.63) is 94.0 Å². The van der Waals surface area contributed by atoms with Gasteiger partial charge in [-0.15, -0.1) is 0 Å². The van der Waals surface area contributed by atoms with Crippen LogP contribution in [0.5, 0.6) is 11.5 Å². The maximum absolute atomic E-state index is 12.8. The van der Waals surface area contributed by atoms with E-state index in [9.17, 15) is 9.59 Å². The zero-order chi connectivity index (χ0) is 25.8. The summed E-state index contributed by atoms with van der Waals surface area (Å²) >= 11 is 3.42. The summed E-state index contributed by atoms with van der Waals surface area (Å²) in [6.45, 7) is 2.29. The molecule has 3 aromatic rings. The lowest BCUT2D eigenvalue weighted by Gasteiger charge is -2.16. The SMILES string of the molecule is CCOC(=O)N[C@H](Cc1ccccc1)C(=O)N/N=C\c1ccc(OCc2ccc(Br)cc2)c(OC)c1. The summed E-state index contributed by atoms with van der Waals surface area (Å²) in [6.07, 6.45) is 1.11. The number of carbonyl (C=O) groups excluding carboxylic acids is 2. The molecule has 0 saturated carbocycles. The normalized spacial score (nSPS) is 11.5. The van der Waals surface area contributed by atoms with Crippen molar-refractivity contribution < 1.29 is 23.8 Å². The lowest BCUT2D eigenvalue weighted by molar-refractivity contribution is -0.123. The molecule has 0 aromatic heterocycles. The molecule has 188 valence electrons. The predicted octanol–water partition coefficient (Wildman–Crippen LogP) is 4.84. The predicted molar refractivity (Wildman–Crippen MR) is 141 cm³/mol. The minimum Gasteiger partial charge on any atom is -0.493 e. The smallest absolute Gasteiger partial charge is 0.407 e. The zero-order valence-corrected chi connectivity index (χ0v) is 21.7. The van der Waals surface area contributed by atoms with E-state index in [4.69, 9.17) is 14.2 Å². The van der Waals surface area contributed by atoms with E-state index in [1.807, 2.05) is 54.6 Å². The zero-order valence-electron chi connectivity index (χ0n) is 20.1. The third-order valence-electron chi connectivity index (χ3n) is 5.05. The summed E-state index contributed by atoms with van der Waals surface area (Å²) in [6, 6.07) is 21.7. The number of hydrogen-bond acceptors (Lipinski definition) is 6. The molecule has 0 saturated heterocycles. The Balaban J connectivity index is 1.62. The second kappa shape index (κ2) is 13.9. The van der Waals surface area contributed by atoms with Gasteiger partial charge in [0.2, 0.25) is 0 Å². The van der Waals surface area contributed by atoms with Gasteiger partial charge in [0.25, 0.3) is 5.91 Å². The van der Waals surface area contributed by atoms with E-state index in [0.29, 0.717) is 30.1 Å². The number of amides is 2. The first-order chi connectivity index (χ1) is 17.5. The Morgan fingerprint density at radius 1 is 1.00 bits per heavy atom. The average molecular weight is 554 g/mol. The largest absolute Gasteiger partial charge is 0.493 e. The van der Waals surface area contributed by atoms with E-state index in [1.165, 1.54) is 6.21 Å². The van der Waals surface area contributed by atoms with Crippen molar-refractivity contribution in [1.29, 1.82) is 0 Å². The number of hydrazone groups is 1. The van der Waals surface area contributed by atoms with Gasteiger partial charge < -0.3 is 19.5 Å². The molecule has 0 aliphatic carbocycles. The fraction of sp³-hybridized carbons (Fsp3) is 0.222. The topological polar surface area (TPSA) is 98.2 Å². The van der Waals surface area contributed by atoms with Gasteiger partial charge in [-0.2, -0.15) is 5.10 Å². The molecule has 0 spiro atoms. The monoisotopic (exact) mass is 553 g/mol. The molecule has 0 bridgehead atoms. The summed E-state index contributed by atoms with van der Waals surface area (Å²) in [5, 5.41) is 6.63. The van der Waals surface area contributed by atoms with Gasteiger partial charge in [-0.05, 0) is 53.9 Å². The number of rotatable bonds is 11. The van der Waals surface area contributed by atoms with E-state index in [2.05, 4.69) is 31.8 Å². The number of hydrogen-bond donors (Lipinski definition) is 2. The van der Waals surface area contributed by atoms with Crippen LogP contribution in [0.4, 0.5) is 4.79 Å². The first kappa shape index (κ1) is 26.7. The Labute approximate surface area is 218 Å². The molecule has 0 aliphatic heterocycles. The van der Waals surface area contributed by atoms with Gasteiger partial charge in [0, 0.05) is 10.9 Å². The highest BCUT2D eigenvalue weighted by Gasteiger charge is 2.21. The molecule has 3 rings (SSSR count). The Kier molecular flexibility index (Phi) is 10.3. The van der Waals surface area contributed by atoms with Crippen LogP contribution in [-0.4, -0.2) is 38.0 Å². The summed E-state index contributed by atoms with van der Waals surface area (Å²) in [7, 11) is 1.56. The molecule has 8 nitrogen and oxygen atoms in total. The van der Waals surface area contributed by atoms with Crippen LogP contribution in [0.2, 0.25) is 0 Å². The van der Waals surface area contributed by atoms with Crippen LogP contribution < -0.4 is 20.2 Å². The Morgan fingerprint density at radius 2 is 1.75 bits per heavy atom. The van der Waals surface area contributed by atoms with Crippen molar-refractivity contribution in [3.63, 3.8) is 0 Å². The Morgan fingerprint density at radius 3 is 2.44 bits per heavy atom.